The van der Waals surface area contributed by atoms with Crippen molar-refractivity contribution in [2.24, 2.45) is 10.8 Å². The molecule has 0 amide bonds. The molecule has 4 heterocycles. The second-order valence-corrected chi connectivity index (χ2v) is 13.7. The molecular weight excluding hydrogens is 462 g/mol. The number of hydrogen-bond acceptors (Lipinski definition) is 2. The lowest BCUT2D eigenvalue weighted by Gasteiger charge is -2.21. The van der Waals surface area contributed by atoms with Crippen molar-refractivity contribution in [3.8, 4) is 0 Å². The number of nitrogens with zero attached hydrogens (tertiary/aromatic N) is 3. The molecular formula is C35H35N3. The molecule has 38 heavy (non-hydrogen) atoms. The Hall–Kier alpha value is -3.72. The molecule has 0 atom stereocenters. The van der Waals surface area contributed by atoms with Crippen LogP contribution in [0.3, 0.4) is 0 Å². The molecule has 0 aliphatic carbocycles. The summed E-state index contributed by atoms with van der Waals surface area (Å²) in [5, 5.41) is 7.51. The quantitative estimate of drug-likeness (QED) is 0.176. The van der Waals surface area contributed by atoms with Gasteiger partial charge < -0.3 is 4.40 Å². The maximum absolute atomic E-state index is 4.92. The molecule has 0 aliphatic rings. The van der Waals surface area contributed by atoms with Gasteiger partial charge >= 0.3 is 0 Å². The minimum Gasteiger partial charge on any atom is -0.305 e. The van der Waals surface area contributed by atoms with Crippen molar-refractivity contribution in [3.63, 3.8) is 0 Å². The minimum atomic E-state index is 0.157. The van der Waals surface area contributed by atoms with Gasteiger partial charge in [0.25, 0.3) is 0 Å². The van der Waals surface area contributed by atoms with E-state index in [1.165, 1.54) is 60.0 Å². The molecule has 0 bridgehead atoms. The average Bonchev–Trinajstić information content (AvgIpc) is 3.13. The van der Waals surface area contributed by atoms with Crippen LogP contribution in [-0.2, 0) is 12.8 Å². The maximum atomic E-state index is 4.92. The summed E-state index contributed by atoms with van der Waals surface area (Å²) < 4.78 is 2.52. The monoisotopic (exact) mass is 497 g/mol. The normalized spacial score (nSPS) is 13.3. The Balaban J connectivity index is 1.77. The van der Waals surface area contributed by atoms with Crippen molar-refractivity contribution in [3.05, 3.63) is 77.6 Å². The van der Waals surface area contributed by atoms with Gasteiger partial charge in [-0.25, -0.2) is 9.97 Å². The second kappa shape index (κ2) is 7.66. The fraction of sp³-hybridized carbons (Fsp3) is 0.314. The summed E-state index contributed by atoms with van der Waals surface area (Å²) >= 11 is 0. The van der Waals surface area contributed by atoms with Crippen molar-refractivity contribution in [1.29, 1.82) is 0 Å². The van der Waals surface area contributed by atoms with Gasteiger partial charge in [-0.05, 0) is 76.3 Å². The Morgan fingerprint density at radius 3 is 1.89 bits per heavy atom. The highest BCUT2D eigenvalue weighted by Crippen LogP contribution is 2.44. The molecule has 0 fully saturated rings. The number of benzene rings is 3. The highest BCUT2D eigenvalue weighted by molar-refractivity contribution is 6.25. The highest BCUT2D eigenvalue weighted by atomic mass is 15.0. The third-order valence-corrected chi connectivity index (χ3v) is 8.02. The van der Waals surface area contributed by atoms with E-state index in [1.807, 2.05) is 0 Å². The first kappa shape index (κ1) is 23.4. The van der Waals surface area contributed by atoms with E-state index >= 15 is 0 Å². The van der Waals surface area contributed by atoms with Gasteiger partial charge in [0.05, 0.1) is 27.6 Å². The average molecular weight is 498 g/mol. The summed E-state index contributed by atoms with van der Waals surface area (Å²) in [4.78, 5) is 9.84. The van der Waals surface area contributed by atoms with Crippen LogP contribution in [0.25, 0.3) is 59.9 Å². The molecule has 0 N–H and O–H groups in total. The molecule has 3 heteroatoms. The van der Waals surface area contributed by atoms with E-state index in [9.17, 15) is 0 Å². The zero-order chi connectivity index (χ0) is 26.6. The van der Waals surface area contributed by atoms with E-state index in [2.05, 4.69) is 107 Å². The summed E-state index contributed by atoms with van der Waals surface area (Å²) in [5.41, 5.74) is 10.4. The topological polar surface area (TPSA) is 30.2 Å². The Bertz CT molecular complexity index is 2040. The van der Waals surface area contributed by atoms with Crippen molar-refractivity contribution in [2.75, 3.05) is 0 Å². The molecule has 7 rings (SSSR count). The molecule has 3 nitrogen and oxygen atoms in total. The Kier molecular flexibility index (Phi) is 4.72. The van der Waals surface area contributed by atoms with Crippen LogP contribution in [-0.4, -0.2) is 14.4 Å². The van der Waals surface area contributed by atoms with Crippen LogP contribution in [0.15, 0.2) is 60.9 Å². The van der Waals surface area contributed by atoms with Crippen LogP contribution in [0.2, 0.25) is 0 Å². The molecule has 190 valence electrons. The molecule has 4 aromatic heterocycles. The van der Waals surface area contributed by atoms with Crippen molar-refractivity contribution in [1.82, 2.24) is 14.4 Å². The van der Waals surface area contributed by atoms with Gasteiger partial charge in [0.15, 0.2) is 0 Å². The lowest BCUT2D eigenvalue weighted by molar-refractivity contribution is 0.411. The van der Waals surface area contributed by atoms with Crippen LogP contribution in [0, 0.1) is 17.8 Å². The van der Waals surface area contributed by atoms with Gasteiger partial charge in [0, 0.05) is 21.5 Å². The predicted octanol–water partition coefficient (Wildman–Crippen LogP) is 9.42. The number of fused-ring (bicyclic) bond motifs is 7. The molecule has 0 saturated heterocycles. The lowest BCUT2D eigenvalue weighted by Crippen LogP contribution is -2.10. The fourth-order valence-electron chi connectivity index (χ4n) is 6.64. The molecule has 0 aliphatic heterocycles. The van der Waals surface area contributed by atoms with Crippen molar-refractivity contribution >= 4 is 59.9 Å². The third kappa shape index (κ3) is 3.41. The van der Waals surface area contributed by atoms with Crippen LogP contribution < -0.4 is 0 Å². The van der Waals surface area contributed by atoms with Gasteiger partial charge in [-0.15, -0.1) is 0 Å². The number of pyridine rings is 2. The fourth-order valence-corrected chi connectivity index (χ4v) is 6.64. The van der Waals surface area contributed by atoms with Crippen LogP contribution >= 0.6 is 0 Å². The first-order chi connectivity index (χ1) is 18.0. The summed E-state index contributed by atoms with van der Waals surface area (Å²) in [7, 11) is 0. The predicted molar refractivity (Wildman–Crippen MR) is 163 cm³/mol. The Morgan fingerprint density at radius 1 is 0.632 bits per heavy atom. The van der Waals surface area contributed by atoms with E-state index in [1.54, 1.807) is 6.33 Å². The standard InChI is InChI=1S/C35H35N3/c1-20-28(18-35(5,6)7)32-26-14-21(17-34(2,3)4)12-13-24(26)29-33-30(37-19-36-29)25-15-22-10-8-9-11-23(22)16-27(25)31(20)38(32)33/h8-16,19H,17-18H2,1-7H3. The summed E-state index contributed by atoms with van der Waals surface area (Å²) in [6.45, 7) is 16.3. The number of aryl methyl sites for hydroxylation is 1. The third-order valence-electron chi connectivity index (χ3n) is 8.02. The molecule has 0 saturated carbocycles. The van der Waals surface area contributed by atoms with Gasteiger partial charge in [0.1, 0.15) is 6.33 Å². The van der Waals surface area contributed by atoms with E-state index in [4.69, 9.17) is 9.97 Å². The summed E-state index contributed by atoms with van der Waals surface area (Å²) in [6, 6.07) is 20.4. The van der Waals surface area contributed by atoms with E-state index in [0.29, 0.717) is 0 Å². The number of aromatic nitrogens is 3. The second-order valence-electron chi connectivity index (χ2n) is 13.7. The van der Waals surface area contributed by atoms with E-state index in [-0.39, 0.29) is 10.8 Å². The van der Waals surface area contributed by atoms with Crippen molar-refractivity contribution < 1.29 is 0 Å². The first-order valence-corrected chi connectivity index (χ1v) is 13.8. The van der Waals surface area contributed by atoms with Crippen molar-refractivity contribution in [2.45, 2.75) is 61.3 Å². The smallest absolute Gasteiger partial charge is 0.116 e. The SMILES string of the molecule is Cc1c(CC(C)(C)C)c2c3cc(CC(C)(C)C)ccc3c3ncnc4c5cc6ccccc6cc5c1n2c43. The van der Waals surface area contributed by atoms with Gasteiger partial charge in [0.2, 0.25) is 0 Å². The zero-order valence-electron chi connectivity index (χ0n) is 23.5. The Labute approximate surface area is 223 Å². The van der Waals surface area contributed by atoms with Crippen LogP contribution in [0.4, 0.5) is 0 Å². The molecule has 0 radical (unpaired) electrons. The maximum Gasteiger partial charge on any atom is 0.116 e. The van der Waals surface area contributed by atoms with Gasteiger partial charge in [-0.2, -0.15) is 0 Å². The van der Waals surface area contributed by atoms with Gasteiger partial charge in [-0.3, -0.25) is 0 Å². The minimum absolute atomic E-state index is 0.157. The van der Waals surface area contributed by atoms with E-state index in [0.717, 1.165) is 29.4 Å². The molecule has 7 aromatic rings. The largest absolute Gasteiger partial charge is 0.305 e. The first-order valence-electron chi connectivity index (χ1n) is 13.8. The van der Waals surface area contributed by atoms with Crippen LogP contribution in [0.5, 0.6) is 0 Å². The lowest BCUT2D eigenvalue weighted by atomic mass is 9.85. The highest BCUT2D eigenvalue weighted by Gasteiger charge is 2.27. The van der Waals surface area contributed by atoms with Crippen LogP contribution in [0.1, 0.15) is 58.2 Å². The summed E-state index contributed by atoms with van der Waals surface area (Å²) in [5.74, 6) is 0. The summed E-state index contributed by atoms with van der Waals surface area (Å²) in [6.07, 6.45) is 3.80. The molecule has 0 unspecified atom stereocenters. The number of rotatable bonds is 2. The Morgan fingerprint density at radius 2 is 1.24 bits per heavy atom. The molecule has 3 aromatic carbocycles. The van der Waals surface area contributed by atoms with Gasteiger partial charge in [-0.1, -0.05) is 77.9 Å². The zero-order valence-corrected chi connectivity index (χ0v) is 23.5. The number of hydrogen-bond donors (Lipinski definition) is 0. The molecule has 0 spiro atoms. The van der Waals surface area contributed by atoms with E-state index < -0.39 is 0 Å².